The lowest BCUT2D eigenvalue weighted by Gasteiger charge is -2.17. The molecule has 1 saturated heterocycles. The molecule has 0 spiro atoms. The zero-order chi connectivity index (χ0) is 12.8. The van der Waals surface area contributed by atoms with Gasteiger partial charge in [-0.25, -0.2) is 0 Å². The molecule has 1 rings (SSSR count). The monoisotopic (exact) mass is 242 g/mol. The van der Waals surface area contributed by atoms with Gasteiger partial charge in [0.1, 0.15) is 0 Å². The van der Waals surface area contributed by atoms with Gasteiger partial charge in [0.2, 0.25) is 5.91 Å². The van der Waals surface area contributed by atoms with Crippen molar-refractivity contribution in [3.05, 3.63) is 0 Å². The zero-order valence-corrected chi connectivity index (χ0v) is 11.2. The first-order valence-electron chi connectivity index (χ1n) is 6.71. The van der Waals surface area contributed by atoms with E-state index in [0.717, 1.165) is 18.8 Å². The van der Waals surface area contributed by atoms with E-state index in [4.69, 9.17) is 0 Å². The Hall–Kier alpha value is -0.610. The van der Waals surface area contributed by atoms with Crippen LogP contribution in [-0.2, 0) is 4.79 Å². The number of rotatable bonds is 6. The summed E-state index contributed by atoms with van der Waals surface area (Å²) in [4.78, 5) is 11.8. The van der Waals surface area contributed by atoms with Gasteiger partial charge in [-0.1, -0.05) is 26.7 Å². The Bertz CT molecular complexity index is 244. The summed E-state index contributed by atoms with van der Waals surface area (Å²) in [5.41, 5.74) is 0. The van der Waals surface area contributed by atoms with E-state index in [1.54, 1.807) is 0 Å². The summed E-state index contributed by atoms with van der Waals surface area (Å²) in [6, 6.07) is 0.0124. The summed E-state index contributed by atoms with van der Waals surface area (Å²) < 4.78 is 0. The van der Waals surface area contributed by atoms with Gasteiger partial charge in [0.05, 0.1) is 12.1 Å². The van der Waals surface area contributed by atoms with Gasteiger partial charge < -0.3 is 15.7 Å². The second kappa shape index (κ2) is 6.97. The Morgan fingerprint density at radius 1 is 1.41 bits per heavy atom. The van der Waals surface area contributed by atoms with Gasteiger partial charge in [-0.15, -0.1) is 0 Å². The zero-order valence-electron chi connectivity index (χ0n) is 11.2. The van der Waals surface area contributed by atoms with Gasteiger partial charge in [0.25, 0.3) is 0 Å². The third-order valence-electron chi connectivity index (χ3n) is 3.23. The van der Waals surface area contributed by atoms with Crippen molar-refractivity contribution in [2.45, 2.75) is 64.6 Å². The van der Waals surface area contributed by atoms with Crippen molar-refractivity contribution in [2.24, 2.45) is 5.92 Å². The number of amides is 1. The van der Waals surface area contributed by atoms with E-state index in [1.165, 1.54) is 6.42 Å². The van der Waals surface area contributed by atoms with Crippen LogP contribution in [0, 0.1) is 5.92 Å². The number of carbonyl (C=O) groups excluding carboxylic acids is 1. The van der Waals surface area contributed by atoms with Crippen LogP contribution in [0.3, 0.4) is 0 Å². The number of hydrogen-bond acceptors (Lipinski definition) is 3. The fourth-order valence-corrected chi connectivity index (χ4v) is 2.16. The van der Waals surface area contributed by atoms with Gasteiger partial charge in [-0.2, -0.15) is 0 Å². The molecule has 0 aromatic rings. The van der Waals surface area contributed by atoms with Crippen molar-refractivity contribution < 1.29 is 9.90 Å². The largest absolute Gasteiger partial charge is 0.392 e. The van der Waals surface area contributed by atoms with Crippen LogP contribution in [0.4, 0.5) is 0 Å². The van der Waals surface area contributed by atoms with E-state index in [9.17, 15) is 9.90 Å². The van der Waals surface area contributed by atoms with Crippen LogP contribution in [0.15, 0.2) is 0 Å². The topological polar surface area (TPSA) is 61.4 Å². The van der Waals surface area contributed by atoms with E-state index in [2.05, 4.69) is 24.5 Å². The number of β-amino-alcohol motifs (C(OH)–C–C–N with tert-alkyl or cyclic N) is 1. The van der Waals surface area contributed by atoms with Gasteiger partial charge in [0.15, 0.2) is 0 Å². The first-order chi connectivity index (χ1) is 7.99. The molecule has 3 unspecified atom stereocenters. The summed E-state index contributed by atoms with van der Waals surface area (Å²) in [7, 11) is 0. The molecular formula is C13H26N2O2. The van der Waals surface area contributed by atoms with Crippen LogP contribution >= 0.6 is 0 Å². The van der Waals surface area contributed by atoms with E-state index in [-0.39, 0.29) is 24.1 Å². The predicted octanol–water partition coefficient (Wildman–Crippen LogP) is 1.04. The molecule has 0 aromatic heterocycles. The van der Waals surface area contributed by atoms with E-state index < -0.39 is 0 Å². The summed E-state index contributed by atoms with van der Waals surface area (Å²) in [5.74, 6) is 0.753. The maximum atomic E-state index is 11.8. The maximum absolute atomic E-state index is 11.8. The molecule has 0 radical (unpaired) electrons. The Balaban J connectivity index is 2.17. The van der Waals surface area contributed by atoms with Crippen LogP contribution in [0.1, 0.15) is 46.5 Å². The molecule has 1 heterocycles. The molecule has 0 aromatic carbocycles. The molecule has 0 saturated carbocycles. The minimum absolute atomic E-state index is 0.0265. The number of aliphatic hydroxyl groups excluding tert-OH is 1. The third-order valence-corrected chi connectivity index (χ3v) is 3.23. The van der Waals surface area contributed by atoms with Crippen molar-refractivity contribution >= 4 is 5.91 Å². The maximum Gasteiger partial charge on any atom is 0.237 e. The Morgan fingerprint density at radius 3 is 2.65 bits per heavy atom. The second-order valence-electron chi connectivity index (χ2n) is 5.58. The molecule has 17 heavy (non-hydrogen) atoms. The second-order valence-corrected chi connectivity index (χ2v) is 5.58. The molecule has 3 atom stereocenters. The van der Waals surface area contributed by atoms with Crippen LogP contribution in [0.25, 0.3) is 0 Å². The Labute approximate surface area is 104 Å². The third kappa shape index (κ3) is 5.50. The number of nitrogens with one attached hydrogen (secondary N) is 2. The molecule has 4 heteroatoms. The predicted molar refractivity (Wildman–Crippen MR) is 68.7 cm³/mol. The van der Waals surface area contributed by atoms with Crippen LogP contribution in [0.5, 0.6) is 0 Å². The van der Waals surface area contributed by atoms with Crippen LogP contribution in [0.2, 0.25) is 0 Å². The fraction of sp³-hybridized carbons (Fsp3) is 0.923. The smallest absolute Gasteiger partial charge is 0.237 e. The molecule has 1 amide bonds. The quantitative estimate of drug-likeness (QED) is 0.652. The van der Waals surface area contributed by atoms with Crippen LogP contribution in [-0.4, -0.2) is 35.7 Å². The van der Waals surface area contributed by atoms with Gasteiger partial charge in [0, 0.05) is 12.6 Å². The minimum Gasteiger partial charge on any atom is -0.392 e. The summed E-state index contributed by atoms with van der Waals surface area (Å²) in [6.07, 6.45) is 3.55. The van der Waals surface area contributed by atoms with Crippen molar-refractivity contribution in [3.63, 3.8) is 0 Å². The highest BCUT2D eigenvalue weighted by Gasteiger charge is 2.28. The number of aliphatic hydroxyl groups is 1. The number of carbonyl (C=O) groups is 1. The SMILES string of the molecule is CC(C)CCCC(C)NC(=O)C1CC(O)CN1. The highest BCUT2D eigenvalue weighted by molar-refractivity contribution is 5.82. The minimum atomic E-state index is -0.373. The van der Waals surface area contributed by atoms with Gasteiger partial charge >= 0.3 is 0 Å². The lowest BCUT2D eigenvalue weighted by atomic mass is 10.0. The summed E-state index contributed by atoms with van der Waals surface area (Å²) in [6.45, 7) is 7.00. The van der Waals surface area contributed by atoms with E-state index in [1.807, 2.05) is 6.92 Å². The lowest BCUT2D eigenvalue weighted by Crippen LogP contribution is -2.44. The summed E-state index contributed by atoms with van der Waals surface area (Å²) >= 11 is 0. The van der Waals surface area contributed by atoms with Crippen molar-refractivity contribution in [3.8, 4) is 0 Å². The highest BCUT2D eigenvalue weighted by atomic mass is 16.3. The lowest BCUT2D eigenvalue weighted by molar-refractivity contribution is -0.123. The Kier molecular flexibility index (Phi) is 5.92. The Morgan fingerprint density at radius 2 is 2.12 bits per heavy atom. The molecule has 1 aliphatic heterocycles. The molecule has 1 aliphatic rings. The molecule has 3 N–H and O–H groups in total. The van der Waals surface area contributed by atoms with E-state index in [0.29, 0.717) is 13.0 Å². The van der Waals surface area contributed by atoms with Crippen molar-refractivity contribution in [1.82, 2.24) is 10.6 Å². The standard InChI is InChI=1S/C13H26N2O2/c1-9(2)5-4-6-10(3)15-13(17)12-7-11(16)8-14-12/h9-12,14,16H,4-8H2,1-3H3,(H,15,17). The average Bonchev–Trinajstić information content (AvgIpc) is 2.64. The normalized spacial score (nSPS) is 26.2. The first kappa shape index (κ1) is 14.5. The molecule has 0 bridgehead atoms. The molecule has 4 nitrogen and oxygen atoms in total. The van der Waals surface area contributed by atoms with Gasteiger partial charge in [-0.05, 0) is 25.7 Å². The molecular weight excluding hydrogens is 216 g/mol. The van der Waals surface area contributed by atoms with Crippen LogP contribution < -0.4 is 10.6 Å². The van der Waals surface area contributed by atoms with Gasteiger partial charge in [-0.3, -0.25) is 4.79 Å². The molecule has 100 valence electrons. The van der Waals surface area contributed by atoms with E-state index >= 15 is 0 Å². The number of hydrogen-bond donors (Lipinski definition) is 3. The highest BCUT2D eigenvalue weighted by Crippen LogP contribution is 2.10. The van der Waals surface area contributed by atoms with Crippen molar-refractivity contribution in [2.75, 3.05) is 6.54 Å². The first-order valence-corrected chi connectivity index (χ1v) is 6.71. The fourth-order valence-electron chi connectivity index (χ4n) is 2.16. The van der Waals surface area contributed by atoms with Crippen molar-refractivity contribution in [1.29, 1.82) is 0 Å². The average molecular weight is 242 g/mol. The molecule has 1 fully saturated rings. The summed E-state index contributed by atoms with van der Waals surface area (Å²) in [5, 5.41) is 15.4. The molecule has 0 aliphatic carbocycles.